The summed E-state index contributed by atoms with van der Waals surface area (Å²) in [5, 5.41) is 3.76. The molecule has 136 valence electrons. The monoisotopic (exact) mass is 370 g/mol. The zero-order valence-electron chi connectivity index (χ0n) is 15.3. The van der Waals surface area contributed by atoms with Crippen LogP contribution >= 0.6 is 11.6 Å². The Balaban J connectivity index is 1.84. The van der Waals surface area contributed by atoms with Gasteiger partial charge in [0.05, 0.1) is 11.7 Å². The molecule has 1 aromatic carbocycles. The molecule has 1 aromatic heterocycles. The van der Waals surface area contributed by atoms with Crippen LogP contribution in [0.2, 0.25) is 5.02 Å². The number of amides is 1. The number of nitrogens with one attached hydrogen (secondary N) is 1. The van der Waals surface area contributed by atoms with Crippen LogP contribution in [-0.2, 0) is 0 Å². The number of likely N-dealkylation sites (N-methyl/N-ethyl adjacent to an activating group) is 1. The van der Waals surface area contributed by atoms with E-state index >= 15 is 0 Å². The summed E-state index contributed by atoms with van der Waals surface area (Å²) < 4.78 is 2.23. The van der Waals surface area contributed by atoms with Crippen LogP contribution in [0.1, 0.15) is 59.9 Å². The number of carbonyl (C=O) groups excluding carboxylic acids is 1. The molecule has 0 aliphatic carbocycles. The number of imidazole rings is 1. The molecule has 0 fully saturated rings. The van der Waals surface area contributed by atoms with Crippen molar-refractivity contribution >= 4 is 23.1 Å². The van der Waals surface area contributed by atoms with Gasteiger partial charge in [0.15, 0.2) is 5.69 Å². The normalized spacial score (nSPS) is 20.3. The Labute approximate surface area is 158 Å². The van der Waals surface area contributed by atoms with Crippen molar-refractivity contribution in [1.82, 2.24) is 19.8 Å². The lowest BCUT2D eigenvalue weighted by molar-refractivity contribution is 0.0956. The number of nitrogens with zero attached hydrogens (tertiary/aromatic N) is 3. The molecule has 0 radical (unpaired) electrons. The molecule has 0 bridgehead atoms. The van der Waals surface area contributed by atoms with Crippen molar-refractivity contribution in [2.45, 2.75) is 32.4 Å². The van der Waals surface area contributed by atoms with Crippen LogP contribution in [0.4, 0.5) is 0 Å². The Bertz CT molecular complexity index is 882. The molecule has 0 saturated heterocycles. The van der Waals surface area contributed by atoms with Gasteiger partial charge in [0.25, 0.3) is 5.91 Å². The fraction of sp³-hybridized carbons (Fsp3) is 0.400. The minimum absolute atomic E-state index is 0.103. The quantitative estimate of drug-likeness (QED) is 0.896. The van der Waals surface area contributed by atoms with Crippen molar-refractivity contribution in [3.05, 3.63) is 58.1 Å². The molecule has 0 saturated carbocycles. The molecule has 2 aromatic rings. The molecule has 4 rings (SSSR count). The molecule has 1 unspecified atom stereocenters. The zero-order valence-corrected chi connectivity index (χ0v) is 16.0. The van der Waals surface area contributed by atoms with Gasteiger partial charge in [-0.1, -0.05) is 29.8 Å². The summed E-state index contributed by atoms with van der Waals surface area (Å²) in [6, 6.07) is 7.67. The lowest BCUT2D eigenvalue weighted by atomic mass is 10.0. The average Bonchev–Trinajstić information content (AvgIpc) is 3.15. The van der Waals surface area contributed by atoms with Crippen molar-refractivity contribution in [2.24, 2.45) is 0 Å². The minimum Gasteiger partial charge on any atom is -0.338 e. The van der Waals surface area contributed by atoms with Gasteiger partial charge in [-0.05, 0) is 50.6 Å². The third-order valence-electron chi connectivity index (χ3n) is 5.13. The van der Waals surface area contributed by atoms with E-state index in [1.807, 2.05) is 24.3 Å². The lowest BCUT2D eigenvalue weighted by Gasteiger charge is -2.25. The van der Waals surface area contributed by atoms with Gasteiger partial charge in [0.1, 0.15) is 5.82 Å². The standard InChI is InChI=1S/C20H23ClN4O/c1-12(2)25-18-16(13-4-6-15(21)7-5-13)23-20(26)17(18)22-19(25)14-8-10-24(3)11-9-14/h4-8,12,16H,9-11H2,1-3H3,(H,23,26). The SMILES string of the molecule is CC(C)n1c(C2=CCN(C)CC2)nc2c1C(c1ccc(Cl)cc1)NC2=O. The zero-order chi connectivity index (χ0) is 18.4. The molecule has 0 spiro atoms. The molecule has 2 aliphatic rings. The average molecular weight is 371 g/mol. The van der Waals surface area contributed by atoms with Crippen LogP contribution in [0, 0.1) is 0 Å². The molecular formula is C20H23ClN4O. The van der Waals surface area contributed by atoms with Gasteiger partial charge < -0.3 is 14.8 Å². The van der Waals surface area contributed by atoms with E-state index in [9.17, 15) is 4.79 Å². The molecule has 5 nitrogen and oxygen atoms in total. The first-order valence-electron chi connectivity index (χ1n) is 9.02. The van der Waals surface area contributed by atoms with Crippen LogP contribution in [0.25, 0.3) is 5.57 Å². The van der Waals surface area contributed by atoms with E-state index in [1.165, 1.54) is 5.57 Å². The molecule has 26 heavy (non-hydrogen) atoms. The summed E-state index contributed by atoms with van der Waals surface area (Å²) in [6.07, 6.45) is 3.18. The van der Waals surface area contributed by atoms with Gasteiger partial charge in [0.2, 0.25) is 0 Å². The second-order valence-corrected chi connectivity index (χ2v) is 7.77. The highest BCUT2D eigenvalue weighted by molar-refractivity contribution is 6.30. The summed E-state index contributed by atoms with van der Waals surface area (Å²) >= 11 is 6.03. The van der Waals surface area contributed by atoms with Crippen molar-refractivity contribution < 1.29 is 4.79 Å². The van der Waals surface area contributed by atoms with Crippen LogP contribution in [0.15, 0.2) is 30.3 Å². The fourth-order valence-electron chi connectivity index (χ4n) is 3.78. The van der Waals surface area contributed by atoms with Gasteiger partial charge >= 0.3 is 0 Å². The first kappa shape index (κ1) is 17.3. The Morgan fingerprint density at radius 2 is 2.00 bits per heavy atom. The molecule has 2 aliphatic heterocycles. The summed E-state index contributed by atoms with van der Waals surface area (Å²) in [5.41, 5.74) is 3.76. The molecule has 1 N–H and O–H groups in total. The maximum Gasteiger partial charge on any atom is 0.272 e. The summed E-state index contributed by atoms with van der Waals surface area (Å²) in [4.78, 5) is 19.7. The highest BCUT2D eigenvalue weighted by Gasteiger charge is 2.38. The van der Waals surface area contributed by atoms with E-state index in [0.717, 1.165) is 36.6 Å². The molecular weight excluding hydrogens is 348 g/mol. The Morgan fingerprint density at radius 1 is 1.27 bits per heavy atom. The summed E-state index contributed by atoms with van der Waals surface area (Å²) in [7, 11) is 2.12. The first-order valence-corrected chi connectivity index (χ1v) is 9.40. The fourth-order valence-corrected chi connectivity index (χ4v) is 3.90. The number of halogens is 1. The van der Waals surface area contributed by atoms with Gasteiger partial charge in [-0.15, -0.1) is 0 Å². The number of rotatable bonds is 3. The number of aromatic nitrogens is 2. The van der Waals surface area contributed by atoms with E-state index in [1.54, 1.807) is 0 Å². The maximum atomic E-state index is 12.6. The van der Waals surface area contributed by atoms with Crippen LogP contribution in [-0.4, -0.2) is 40.5 Å². The van der Waals surface area contributed by atoms with Crippen molar-refractivity contribution in [1.29, 1.82) is 0 Å². The van der Waals surface area contributed by atoms with E-state index < -0.39 is 0 Å². The van der Waals surface area contributed by atoms with E-state index in [-0.39, 0.29) is 18.0 Å². The largest absolute Gasteiger partial charge is 0.338 e. The summed E-state index contributed by atoms with van der Waals surface area (Å²) in [5.74, 6) is 0.834. The van der Waals surface area contributed by atoms with Gasteiger partial charge in [-0.3, -0.25) is 4.79 Å². The molecule has 1 atom stereocenters. The van der Waals surface area contributed by atoms with Gasteiger partial charge in [-0.25, -0.2) is 4.98 Å². The lowest BCUT2D eigenvalue weighted by Crippen LogP contribution is -2.26. The van der Waals surface area contributed by atoms with Gasteiger partial charge in [0, 0.05) is 24.2 Å². The Hall–Kier alpha value is -2.11. The maximum absolute atomic E-state index is 12.6. The van der Waals surface area contributed by atoms with E-state index in [4.69, 9.17) is 16.6 Å². The number of fused-ring (bicyclic) bond motifs is 1. The second-order valence-electron chi connectivity index (χ2n) is 7.33. The summed E-state index contributed by atoms with van der Waals surface area (Å²) in [6.45, 7) is 6.21. The topological polar surface area (TPSA) is 50.2 Å². The second kappa shape index (κ2) is 6.56. The van der Waals surface area contributed by atoms with Crippen LogP contribution in [0.3, 0.4) is 0 Å². The van der Waals surface area contributed by atoms with Crippen LogP contribution < -0.4 is 5.32 Å². The Kier molecular flexibility index (Phi) is 4.37. The third-order valence-corrected chi connectivity index (χ3v) is 5.38. The number of benzene rings is 1. The number of hydrogen-bond donors (Lipinski definition) is 1. The van der Waals surface area contributed by atoms with Gasteiger partial charge in [-0.2, -0.15) is 0 Å². The van der Waals surface area contributed by atoms with Crippen LogP contribution in [0.5, 0.6) is 0 Å². The predicted octanol–water partition coefficient (Wildman–Crippen LogP) is 3.67. The first-order chi connectivity index (χ1) is 12.5. The molecule has 6 heteroatoms. The minimum atomic E-state index is -0.190. The number of carbonyl (C=O) groups is 1. The smallest absolute Gasteiger partial charge is 0.272 e. The highest BCUT2D eigenvalue weighted by Crippen LogP contribution is 2.36. The molecule has 3 heterocycles. The van der Waals surface area contributed by atoms with Crippen molar-refractivity contribution in [3.63, 3.8) is 0 Å². The third kappa shape index (κ3) is 2.85. The number of hydrogen-bond acceptors (Lipinski definition) is 3. The van der Waals surface area contributed by atoms with Crippen molar-refractivity contribution in [3.8, 4) is 0 Å². The van der Waals surface area contributed by atoms with Crippen molar-refractivity contribution in [2.75, 3.05) is 20.1 Å². The Morgan fingerprint density at radius 3 is 2.62 bits per heavy atom. The predicted molar refractivity (Wildman–Crippen MR) is 103 cm³/mol. The molecule has 1 amide bonds. The van der Waals surface area contributed by atoms with E-state index in [0.29, 0.717) is 10.7 Å². The van der Waals surface area contributed by atoms with E-state index in [2.05, 4.69) is 41.8 Å². The highest BCUT2D eigenvalue weighted by atomic mass is 35.5.